The summed E-state index contributed by atoms with van der Waals surface area (Å²) in [6.45, 7) is 5.57. The lowest BCUT2D eigenvalue weighted by Gasteiger charge is -2.33. The van der Waals surface area contributed by atoms with Gasteiger partial charge >= 0.3 is 5.97 Å². The van der Waals surface area contributed by atoms with Crippen LogP contribution in [0, 0.1) is 17.8 Å². The number of rotatable bonds is 4. The molecule has 2 rings (SSSR count). The monoisotopic (exact) mass is 283 g/mol. The maximum atomic E-state index is 11.3. The van der Waals surface area contributed by atoms with Crippen LogP contribution in [-0.2, 0) is 9.53 Å². The van der Waals surface area contributed by atoms with Crippen molar-refractivity contribution in [2.24, 2.45) is 17.8 Å². The molecule has 1 N–H and O–H groups in total. The Bertz CT molecular complexity index is 332. The fraction of sp³-hybridized carbons (Fsp3) is 0.938. The number of carboxylic acid groups (broad SMARTS) is 1. The SMILES string of the molecule is CC(C)C1CCCC(N(C)C2COCC2C(=O)O)CC1. The molecule has 1 saturated carbocycles. The van der Waals surface area contributed by atoms with E-state index in [1.807, 2.05) is 0 Å². The molecule has 0 aromatic carbocycles. The first-order chi connectivity index (χ1) is 9.50. The third kappa shape index (κ3) is 3.53. The summed E-state index contributed by atoms with van der Waals surface area (Å²) < 4.78 is 5.41. The topological polar surface area (TPSA) is 49.8 Å². The van der Waals surface area contributed by atoms with Gasteiger partial charge < -0.3 is 9.84 Å². The fourth-order valence-corrected chi connectivity index (χ4v) is 3.84. The number of hydrogen-bond donors (Lipinski definition) is 1. The highest BCUT2D eigenvalue weighted by molar-refractivity contribution is 5.71. The second kappa shape index (κ2) is 6.90. The molecule has 0 aromatic heterocycles. The predicted molar refractivity (Wildman–Crippen MR) is 78.7 cm³/mol. The summed E-state index contributed by atoms with van der Waals surface area (Å²) in [4.78, 5) is 13.6. The van der Waals surface area contributed by atoms with Crippen molar-refractivity contribution in [3.05, 3.63) is 0 Å². The summed E-state index contributed by atoms with van der Waals surface area (Å²) in [5, 5.41) is 9.29. The normalized spacial score (nSPS) is 35.5. The number of aliphatic carboxylic acids is 1. The molecule has 2 fully saturated rings. The molecule has 4 unspecified atom stereocenters. The Hall–Kier alpha value is -0.610. The smallest absolute Gasteiger partial charge is 0.310 e. The fourth-order valence-electron chi connectivity index (χ4n) is 3.84. The average molecular weight is 283 g/mol. The van der Waals surface area contributed by atoms with E-state index in [-0.39, 0.29) is 12.0 Å². The highest BCUT2D eigenvalue weighted by Gasteiger charge is 2.39. The molecule has 4 heteroatoms. The van der Waals surface area contributed by atoms with Crippen molar-refractivity contribution in [2.45, 2.75) is 58.0 Å². The van der Waals surface area contributed by atoms with E-state index in [0.29, 0.717) is 19.3 Å². The Morgan fingerprint density at radius 2 is 1.95 bits per heavy atom. The second-order valence-electron chi connectivity index (χ2n) is 6.88. The number of carboxylic acids is 1. The maximum absolute atomic E-state index is 11.3. The van der Waals surface area contributed by atoms with Crippen molar-refractivity contribution >= 4 is 5.97 Å². The van der Waals surface area contributed by atoms with Gasteiger partial charge in [-0.15, -0.1) is 0 Å². The zero-order valence-corrected chi connectivity index (χ0v) is 13.0. The van der Waals surface area contributed by atoms with Gasteiger partial charge in [-0.3, -0.25) is 9.69 Å². The molecule has 0 aromatic rings. The summed E-state index contributed by atoms with van der Waals surface area (Å²) in [5.41, 5.74) is 0. The Morgan fingerprint density at radius 3 is 2.60 bits per heavy atom. The van der Waals surface area contributed by atoms with E-state index in [1.165, 1.54) is 32.1 Å². The minimum atomic E-state index is -0.715. The minimum absolute atomic E-state index is 0.0492. The van der Waals surface area contributed by atoms with Crippen molar-refractivity contribution in [1.82, 2.24) is 4.90 Å². The van der Waals surface area contributed by atoms with Gasteiger partial charge in [0.25, 0.3) is 0 Å². The van der Waals surface area contributed by atoms with Crippen LogP contribution in [-0.4, -0.2) is 48.3 Å². The van der Waals surface area contributed by atoms with Crippen LogP contribution in [0.15, 0.2) is 0 Å². The summed E-state index contributed by atoms with van der Waals surface area (Å²) in [6, 6.07) is 0.570. The molecule has 1 heterocycles. The van der Waals surface area contributed by atoms with Crippen molar-refractivity contribution in [3.8, 4) is 0 Å². The zero-order valence-electron chi connectivity index (χ0n) is 13.0. The predicted octanol–water partition coefficient (Wildman–Crippen LogP) is 2.62. The number of carbonyl (C=O) groups is 1. The number of likely N-dealkylation sites (N-methyl/N-ethyl adjacent to an activating group) is 1. The number of nitrogens with zero attached hydrogens (tertiary/aromatic N) is 1. The van der Waals surface area contributed by atoms with Gasteiger partial charge in [0.1, 0.15) is 0 Å². The summed E-state index contributed by atoms with van der Waals surface area (Å²) >= 11 is 0. The highest BCUT2D eigenvalue weighted by Crippen LogP contribution is 2.32. The summed E-state index contributed by atoms with van der Waals surface area (Å²) in [7, 11) is 2.09. The van der Waals surface area contributed by atoms with Crippen LogP contribution in [0.2, 0.25) is 0 Å². The van der Waals surface area contributed by atoms with Gasteiger partial charge in [0, 0.05) is 12.1 Å². The molecule has 116 valence electrons. The molecular weight excluding hydrogens is 254 g/mol. The van der Waals surface area contributed by atoms with Crippen LogP contribution in [0.4, 0.5) is 0 Å². The Labute approximate surface area is 122 Å². The van der Waals surface area contributed by atoms with E-state index in [2.05, 4.69) is 25.8 Å². The second-order valence-corrected chi connectivity index (χ2v) is 6.88. The standard InChI is InChI=1S/C16H29NO3/c1-11(2)12-5-4-6-13(8-7-12)17(3)15-10-20-9-14(15)16(18)19/h11-15H,4-10H2,1-3H3,(H,18,19). The van der Waals surface area contributed by atoms with E-state index in [0.717, 1.165) is 11.8 Å². The number of ether oxygens (including phenoxy) is 1. The lowest BCUT2D eigenvalue weighted by molar-refractivity contribution is -0.143. The van der Waals surface area contributed by atoms with Crippen molar-refractivity contribution in [2.75, 3.05) is 20.3 Å². The van der Waals surface area contributed by atoms with Gasteiger partial charge in [0.05, 0.1) is 19.1 Å². The van der Waals surface area contributed by atoms with E-state index < -0.39 is 5.97 Å². The average Bonchev–Trinajstić information content (AvgIpc) is 2.75. The minimum Gasteiger partial charge on any atom is -0.481 e. The van der Waals surface area contributed by atoms with Gasteiger partial charge in [-0.05, 0) is 38.1 Å². The van der Waals surface area contributed by atoms with Crippen LogP contribution in [0.1, 0.15) is 46.0 Å². The third-order valence-corrected chi connectivity index (χ3v) is 5.39. The first-order valence-corrected chi connectivity index (χ1v) is 8.03. The van der Waals surface area contributed by atoms with Crippen molar-refractivity contribution < 1.29 is 14.6 Å². The Kier molecular flexibility index (Phi) is 5.44. The first kappa shape index (κ1) is 15.8. The van der Waals surface area contributed by atoms with Gasteiger partial charge in [-0.25, -0.2) is 0 Å². The number of hydrogen-bond acceptors (Lipinski definition) is 3. The molecule has 1 saturated heterocycles. The van der Waals surface area contributed by atoms with E-state index in [4.69, 9.17) is 4.74 Å². The van der Waals surface area contributed by atoms with Crippen LogP contribution in [0.3, 0.4) is 0 Å². The van der Waals surface area contributed by atoms with Gasteiger partial charge in [-0.1, -0.05) is 26.7 Å². The van der Waals surface area contributed by atoms with Crippen molar-refractivity contribution in [1.29, 1.82) is 0 Å². The first-order valence-electron chi connectivity index (χ1n) is 8.03. The van der Waals surface area contributed by atoms with E-state index in [9.17, 15) is 9.90 Å². The maximum Gasteiger partial charge on any atom is 0.310 e. The van der Waals surface area contributed by atoms with Crippen LogP contribution in [0.5, 0.6) is 0 Å². The molecule has 0 amide bonds. The lowest BCUT2D eigenvalue weighted by atomic mass is 9.89. The molecule has 4 nitrogen and oxygen atoms in total. The van der Waals surface area contributed by atoms with Gasteiger partial charge in [-0.2, -0.15) is 0 Å². The zero-order chi connectivity index (χ0) is 14.7. The Balaban J connectivity index is 1.95. The Morgan fingerprint density at radius 1 is 1.20 bits per heavy atom. The highest BCUT2D eigenvalue weighted by atomic mass is 16.5. The molecule has 0 spiro atoms. The molecule has 0 radical (unpaired) electrons. The van der Waals surface area contributed by atoms with Gasteiger partial charge in [0.15, 0.2) is 0 Å². The van der Waals surface area contributed by atoms with Crippen molar-refractivity contribution in [3.63, 3.8) is 0 Å². The third-order valence-electron chi connectivity index (χ3n) is 5.39. The molecule has 2 aliphatic rings. The molecular formula is C16H29NO3. The summed E-state index contributed by atoms with van der Waals surface area (Å²) in [5.74, 6) is 0.529. The molecule has 1 aliphatic carbocycles. The quantitative estimate of drug-likeness (QED) is 0.806. The lowest BCUT2D eigenvalue weighted by Crippen LogP contribution is -2.46. The van der Waals surface area contributed by atoms with Crippen LogP contribution >= 0.6 is 0 Å². The largest absolute Gasteiger partial charge is 0.481 e. The van der Waals surface area contributed by atoms with E-state index >= 15 is 0 Å². The van der Waals surface area contributed by atoms with Crippen LogP contribution in [0.25, 0.3) is 0 Å². The molecule has 0 bridgehead atoms. The summed E-state index contributed by atoms with van der Waals surface area (Å²) in [6.07, 6.45) is 6.26. The molecule has 4 atom stereocenters. The molecule has 20 heavy (non-hydrogen) atoms. The van der Waals surface area contributed by atoms with Crippen LogP contribution < -0.4 is 0 Å². The molecule has 1 aliphatic heterocycles. The van der Waals surface area contributed by atoms with E-state index in [1.54, 1.807) is 0 Å². The van der Waals surface area contributed by atoms with Gasteiger partial charge in [0.2, 0.25) is 0 Å².